The van der Waals surface area contributed by atoms with Gasteiger partial charge in [-0.3, -0.25) is 14.9 Å². The highest BCUT2D eigenvalue weighted by molar-refractivity contribution is 6.34. The molecular formula is C13H15ClN2O4. The molecule has 0 saturated carbocycles. The second-order valence-electron chi connectivity index (χ2n) is 5.01. The minimum Gasteiger partial charge on any atom is -0.373 e. The maximum Gasteiger partial charge on any atom is 0.270 e. The smallest absolute Gasteiger partial charge is 0.270 e. The lowest BCUT2D eigenvalue weighted by Gasteiger charge is -2.23. The summed E-state index contributed by atoms with van der Waals surface area (Å²) in [5.41, 5.74) is -0.264. The molecule has 6 nitrogen and oxygen atoms in total. The third kappa shape index (κ3) is 3.26. The van der Waals surface area contributed by atoms with Gasteiger partial charge in [-0.15, -0.1) is 0 Å². The number of nitro groups is 1. The topological polar surface area (TPSA) is 81.5 Å². The van der Waals surface area contributed by atoms with Gasteiger partial charge in [0.2, 0.25) is 0 Å². The van der Waals surface area contributed by atoms with E-state index in [-0.39, 0.29) is 27.8 Å². The Bertz CT molecular complexity index is 541. The quantitative estimate of drug-likeness (QED) is 0.684. The number of nitro benzene ring substituents is 1. The predicted molar refractivity (Wildman–Crippen MR) is 74.0 cm³/mol. The molecule has 1 saturated heterocycles. The third-order valence-electron chi connectivity index (χ3n) is 3.33. The Kier molecular flexibility index (Phi) is 4.25. The van der Waals surface area contributed by atoms with E-state index < -0.39 is 4.92 Å². The zero-order valence-electron chi connectivity index (χ0n) is 11.0. The minimum atomic E-state index is -0.555. The number of ether oxygens (including phenoxy) is 1. The van der Waals surface area contributed by atoms with Crippen molar-refractivity contribution < 1.29 is 14.5 Å². The number of hydrogen-bond acceptors (Lipinski definition) is 4. The molecule has 108 valence electrons. The van der Waals surface area contributed by atoms with E-state index in [0.717, 1.165) is 12.8 Å². The summed E-state index contributed by atoms with van der Waals surface area (Å²) >= 11 is 5.90. The molecular weight excluding hydrogens is 284 g/mol. The second-order valence-corrected chi connectivity index (χ2v) is 5.41. The number of benzene rings is 1. The van der Waals surface area contributed by atoms with Crippen LogP contribution in [0, 0.1) is 10.1 Å². The molecule has 0 spiro atoms. The van der Waals surface area contributed by atoms with Crippen molar-refractivity contribution in [2.75, 3.05) is 13.2 Å². The molecule has 0 bridgehead atoms. The number of rotatable bonds is 4. The Balaban J connectivity index is 2.04. The first-order valence-corrected chi connectivity index (χ1v) is 6.65. The predicted octanol–water partition coefficient (Wildman–Crippen LogP) is 2.55. The van der Waals surface area contributed by atoms with E-state index in [1.165, 1.54) is 18.2 Å². The molecule has 0 aromatic heterocycles. The lowest BCUT2D eigenvalue weighted by molar-refractivity contribution is -0.384. The highest BCUT2D eigenvalue weighted by atomic mass is 35.5. The van der Waals surface area contributed by atoms with Crippen molar-refractivity contribution in [2.24, 2.45) is 0 Å². The monoisotopic (exact) mass is 298 g/mol. The average molecular weight is 299 g/mol. The summed E-state index contributed by atoms with van der Waals surface area (Å²) in [5, 5.41) is 13.4. The van der Waals surface area contributed by atoms with Gasteiger partial charge < -0.3 is 10.1 Å². The van der Waals surface area contributed by atoms with Crippen molar-refractivity contribution in [3.8, 4) is 0 Å². The van der Waals surface area contributed by atoms with Crippen LogP contribution in [0.1, 0.15) is 30.1 Å². The van der Waals surface area contributed by atoms with Gasteiger partial charge in [0.05, 0.1) is 21.1 Å². The molecule has 1 unspecified atom stereocenters. The average Bonchev–Trinajstić information content (AvgIpc) is 2.83. The highest BCUT2D eigenvalue weighted by Crippen LogP contribution is 2.25. The van der Waals surface area contributed by atoms with E-state index in [1.807, 2.05) is 6.92 Å². The summed E-state index contributed by atoms with van der Waals surface area (Å²) in [5.74, 6) is -0.360. The van der Waals surface area contributed by atoms with Crippen LogP contribution in [0.3, 0.4) is 0 Å². The molecule has 1 atom stereocenters. The Labute approximate surface area is 121 Å². The summed E-state index contributed by atoms with van der Waals surface area (Å²) in [4.78, 5) is 22.1. The van der Waals surface area contributed by atoms with Crippen LogP contribution in [0.2, 0.25) is 5.02 Å². The first-order valence-electron chi connectivity index (χ1n) is 6.27. The third-order valence-corrected chi connectivity index (χ3v) is 3.64. The molecule has 0 aliphatic carbocycles. The van der Waals surface area contributed by atoms with Crippen LogP contribution in [0.25, 0.3) is 0 Å². The lowest BCUT2D eigenvalue weighted by atomic mass is 10.0. The van der Waals surface area contributed by atoms with Crippen LogP contribution in [-0.2, 0) is 4.74 Å². The molecule has 1 aromatic carbocycles. The van der Waals surface area contributed by atoms with Crippen LogP contribution in [-0.4, -0.2) is 29.6 Å². The maximum atomic E-state index is 12.0. The van der Waals surface area contributed by atoms with Gasteiger partial charge >= 0.3 is 0 Å². The van der Waals surface area contributed by atoms with Crippen molar-refractivity contribution >= 4 is 23.2 Å². The summed E-state index contributed by atoms with van der Waals surface area (Å²) in [6, 6.07) is 3.78. The molecule has 7 heteroatoms. The van der Waals surface area contributed by atoms with E-state index in [0.29, 0.717) is 13.2 Å². The van der Waals surface area contributed by atoms with Crippen LogP contribution < -0.4 is 5.32 Å². The van der Waals surface area contributed by atoms with E-state index in [1.54, 1.807) is 0 Å². The fraction of sp³-hybridized carbons (Fsp3) is 0.462. The Morgan fingerprint density at radius 1 is 1.60 bits per heavy atom. The number of carbonyl (C=O) groups excluding carboxylic acids is 1. The molecule has 1 heterocycles. The fourth-order valence-electron chi connectivity index (χ4n) is 2.14. The van der Waals surface area contributed by atoms with Crippen molar-refractivity contribution in [3.63, 3.8) is 0 Å². The first-order chi connectivity index (χ1) is 9.41. The Hall–Kier alpha value is -1.66. The second kappa shape index (κ2) is 5.76. The SMILES string of the molecule is CC1(CNC(=O)c2ccc([N+](=O)[O-])cc2Cl)CCCO1. The van der Waals surface area contributed by atoms with Crippen LogP contribution in [0.4, 0.5) is 5.69 Å². The van der Waals surface area contributed by atoms with Crippen LogP contribution in [0.5, 0.6) is 0 Å². The molecule has 1 aliphatic heterocycles. The first kappa shape index (κ1) is 14.7. The summed E-state index contributed by atoms with van der Waals surface area (Å²) < 4.78 is 5.57. The van der Waals surface area contributed by atoms with Gasteiger partial charge in [0, 0.05) is 25.3 Å². The summed E-state index contributed by atoms with van der Waals surface area (Å²) in [7, 11) is 0. The maximum absolute atomic E-state index is 12.0. The van der Waals surface area contributed by atoms with Gasteiger partial charge in [-0.25, -0.2) is 0 Å². The van der Waals surface area contributed by atoms with E-state index in [4.69, 9.17) is 16.3 Å². The fourth-order valence-corrected chi connectivity index (χ4v) is 2.40. The lowest BCUT2D eigenvalue weighted by Crippen LogP contribution is -2.40. The van der Waals surface area contributed by atoms with Crippen molar-refractivity contribution in [1.29, 1.82) is 0 Å². The molecule has 1 amide bonds. The number of hydrogen-bond donors (Lipinski definition) is 1. The van der Waals surface area contributed by atoms with Crippen molar-refractivity contribution in [1.82, 2.24) is 5.32 Å². The number of nitrogens with one attached hydrogen (secondary N) is 1. The zero-order chi connectivity index (χ0) is 14.8. The number of non-ortho nitro benzene ring substituents is 1. The molecule has 1 N–H and O–H groups in total. The Morgan fingerprint density at radius 3 is 2.90 bits per heavy atom. The molecule has 1 aromatic rings. The zero-order valence-corrected chi connectivity index (χ0v) is 11.8. The largest absolute Gasteiger partial charge is 0.373 e. The van der Waals surface area contributed by atoms with Gasteiger partial charge in [0.15, 0.2) is 0 Å². The van der Waals surface area contributed by atoms with Gasteiger partial charge in [-0.05, 0) is 25.8 Å². The van der Waals surface area contributed by atoms with Crippen LogP contribution >= 0.6 is 11.6 Å². The molecule has 1 aliphatic rings. The van der Waals surface area contributed by atoms with Gasteiger partial charge in [0.1, 0.15) is 0 Å². The summed E-state index contributed by atoms with van der Waals surface area (Å²) in [6.45, 7) is 3.03. The molecule has 2 rings (SSSR count). The summed E-state index contributed by atoms with van der Waals surface area (Å²) in [6.07, 6.45) is 1.87. The van der Waals surface area contributed by atoms with Gasteiger partial charge in [-0.2, -0.15) is 0 Å². The standard InChI is InChI=1S/C13H15ClN2O4/c1-13(5-2-6-20-13)8-15-12(17)10-4-3-9(16(18)19)7-11(10)14/h3-4,7H,2,5-6,8H2,1H3,(H,15,17). The van der Waals surface area contributed by atoms with Gasteiger partial charge in [-0.1, -0.05) is 11.6 Å². The minimum absolute atomic E-state index is 0.0641. The molecule has 20 heavy (non-hydrogen) atoms. The van der Waals surface area contributed by atoms with E-state index in [9.17, 15) is 14.9 Å². The van der Waals surface area contributed by atoms with Crippen molar-refractivity contribution in [2.45, 2.75) is 25.4 Å². The normalized spacial score (nSPS) is 21.7. The number of carbonyl (C=O) groups is 1. The van der Waals surface area contributed by atoms with E-state index >= 15 is 0 Å². The molecule has 1 fully saturated rings. The Morgan fingerprint density at radius 2 is 2.35 bits per heavy atom. The van der Waals surface area contributed by atoms with Crippen LogP contribution in [0.15, 0.2) is 18.2 Å². The van der Waals surface area contributed by atoms with Gasteiger partial charge in [0.25, 0.3) is 11.6 Å². The molecule has 0 radical (unpaired) electrons. The highest BCUT2D eigenvalue weighted by Gasteiger charge is 2.30. The number of halogens is 1. The number of nitrogens with zero attached hydrogens (tertiary/aromatic N) is 1. The van der Waals surface area contributed by atoms with Crippen molar-refractivity contribution in [3.05, 3.63) is 38.9 Å². The number of amides is 1. The van der Waals surface area contributed by atoms with E-state index in [2.05, 4.69) is 5.32 Å².